The lowest BCUT2D eigenvalue weighted by molar-refractivity contribution is 0.622. The number of thioether (sulfide) groups is 1. The largest absolute Gasteiger partial charge is 0.396 e. The number of nitrogen functional groups attached to an aromatic ring is 1. The highest BCUT2D eigenvalue weighted by atomic mass is 32.2. The van der Waals surface area contributed by atoms with Gasteiger partial charge in [-0.15, -0.1) is 0 Å². The number of benzene rings is 1. The Morgan fingerprint density at radius 1 is 1.35 bits per heavy atom. The summed E-state index contributed by atoms with van der Waals surface area (Å²) in [5.74, 6) is 0.119. The first-order valence-corrected chi connectivity index (χ1v) is 6.10. The van der Waals surface area contributed by atoms with E-state index in [4.69, 9.17) is 5.73 Å². The van der Waals surface area contributed by atoms with Crippen molar-refractivity contribution in [2.24, 2.45) is 0 Å². The van der Waals surface area contributed by atoms with Crippen LogP contribution in [-0.4, -0.2) is 9.97 Å². The zero-order valence-electron chi connectivity index (χ0n) is 9.35. The molecule has 2 rings (SSSR count). The van der Waals surface area contributed by atoms with Crippen LogP contribution in [0.25, 0.3) is 0 Å². The third-order valence-corrected chi connectivity index (χ3v) is 3.15. The van der Waals surface area contributed by atoms with E-state index in [1.807, 2.05) is 13.0 Å². The van der Waals surface area contributed by atoms with Crippen molar-refractivity contribution in [2.75, 3.05) is 5.73 Å². The first-order chi connectivity index (χ1) is 8.16. The van der Waals surface area contributed by atoms with E-state index in [9.17, 15) is 4.39 Å². The Kier molecular flexibility index (Phi) is 3.58. The number of nitrogens with two attached hydrogens (primary N) is 1. The molecular weight excluding hydrogens is 237 g/mol. The SMILES string of the molecule is Cc1ccnc(SCc2cccc(N)c2F)n1. The summed E-state index contributed by atoms with van der Waals surface area (Å²) < 4.78 is 13.6. The third-order valence-electron chi connectivity index (χ3n) is 2.24. The summed E-state index contributed by atoms with van der Waals surface area (Å²) >= 11 is 1.39. The van der Waals surface area contributed by atoms with Crippen LogP contribution in [-0.2, 0) is 5.75 Å². The predicted molar refractivity (Wildman–Crippen MR) is 67.1 cm³/mol. The van der Waals surface area contributed by atoms with Crippen LogP contribution >= 0.6 is 11.8 Å². The van der Waals surface area contributed by atoms with E-state index in [1.54, 1.807) is 24.4 Å². The molecule has 1 aromatic carbocycles. The maximum atomic E-state index is 13.6. The van der Waals surface area contributed by atoms with E-state index in [0.29, 0.717) is 16.5 Å². The van der Waals surface area contributed by atoms with Crippen LogP contribution in [0.4, 0.5) is 10.1 Å². The van der Waals surface area contributed by atoms with Crippen LogP contribution in [0.5, 0.6) is 0 Å². The van der Waals surface area contributed by atoms with Crippen molar-refractivity contribution in [2.45, 2.75) is 17.8 Å². The molecule has 2 aromatic rings. The third kappa shape index (κ3) is 2.94. The Labute approximate surface area is 103 Å². The summed E-state index contributed by atoms with van der Waals surface area (Å²) in [5.41, 5.74) is 7.14. The number of aryl methyl sites for hydroxylation is 1. The fraction of sp³-hybridized carbons (Fsp3) is 0.167. The second kappa shape index (κ2) is 5.14. The Morgan fingerprint density at radius 3 is 2.94 bits per heavy atom. The molecule has 0 saturated heterocycles. The van der Waals surface area contributed by atoms with Crippen LogP contribution < -0.4 is 5.73 Å². The molecule has 0 saturated carbocycles. The first kappa shape index (κ1) is 11.9. The molecule has 0 bridgehead atoms. The lowest BCUT2D eigenvalue weighted by Gasteiger charge is -2.04. The monoisotopic (exact) mass is 249 g/mol. The number of rotatable bonds is 3. The zero-order valence-corrected chi connectivity index (χ0v) is 10.2. The molecule has 1 aromatic heterocycles. The lowest BCUT2D eigenvalue weighted by Crippen LogP contribution is -1.96. The average molecular weight is 249 g/mol. The highest BCUT2D eigenvalue weighted by Gasteiger charge is 2.06. The van der Waals surface area contributed by atoms with E-state index >= 15 is 0 Å². The maximum absolute atomic E-state index is 13.6. The van der Waals surface area contributed by atoms with E-state index in [-0.39, 0.29) is 11.5 Å². The van der Waals surface area contributed by atoms with Gasteiger partial charge in [-0.1, -0.05) is 23.9 Å². The van der Waals surface area contributed by atoms with Gasteiger partial charge in [0.25, 0.3) is 0 Å². The molecule has 0 aliphatic carbocycles. The minimum absolute atomic E-state index is 0.174. The van der Waals surface area contributed by atoms with Gasteiger partial charge in [0.2, 0.25) is 0 Å². The molecule has 2 N–H and O–H groups in total. The van der Waals surface area contributed by atoms with Crippen molar-refractivity contribution < 1.29 is 4.39 Å². The average Bonchev–Trinajstić information content (AvgIpc) is 2.31. The summed E-state index contributed by atoms with van der Waals surface area (Å²) in [4.78, 5) is 8.34. The summed E-state index contributed by atoms with van der Waals surface area (Å²) in [6, 6.07) is 6.83. The van der Waals surface area contributed by atoms with Crippen molar-refractivity contribution in [1.29, 1.82) is 0 Å². The molecule has 17 heavy (non-hydrogen) atoms. The number of hydrogen-bond acceptors (Lipinski definition) is 4. The van der Waals surface area contributed by atoms with Crippen LogP contribution in [0.15, 0.2) is 35.6 Å². The Balaban J connectivity index is 2.10. The molecule has 0 fully saturated rings. The van der Waals surface area contributed by atoms with Crippen molar-refractivity contribution in [3.63, 3.8) is 0 Å². The molecule has 1 heterocycles. The minimum atomic E-state index is -0.354. The van der Waals surface area contributed by atoms with Crippen molar-refractivity contribution in [1.82, 2.24) is 9.97 Å². The summed E-state index contributed by atoms with van der Waals surface area (Å²) in [7, 11) is 0. The van der Waals surface area contributed by atoms with Crippen molar-refractivity contribution in [3.8, 4) is 0 Å². The quantitative estimate of drug-likeness (QED) is 0.516. The van der Waals surface area contributed by atoms with E-state index < -0.39 is 0 Å². The molecule has 0 aliphatic rings. The summed E-state index contributed by atoms with van der Waals surface area (Å²) in [5, 5.41) is 0.645. The first-order valence-electron chi connectivity index (χ1n) is 5.12. The smallest absolute Gasteiger partial charge is 0.188 e. The summed E-state index contributed by atoms with van der Waals surface area (Å²) in [6.45, 7) is 1.90. The highest BCUT2D eigenvalue weighted by Crippen LogP contribution is 2.23. The molecule has 0 aliphatic heterocycles. The zero-order chi connectivity index (χ0) is 12.3. The van der Waals surface area contributed by atoms with Gasteiger partial charge in [0.1, 0.15) is 5.82 Å². The minimum Gasteiger partial charge on any atom is -0.396 e. The molecule has 88 valence electrons. The molecule has 0 atom stereocenters. The fourth-order valence-electron chi connectivity index (χ4n) is 1.35. The predicted octanol–water partition coefficient (Wildman–Crippen LogP) is 2.80. The topological polar surface area (TPSA) is 51.8 Å². The van der Waals surface area contributed by atoms with E-state index in [2.05, 4.69) is 9.97 Å². The van der Waals surface area contributed by atoms with E-state index in [0.717, 1.165) is 5.69 Å². The molecule has 0 unspecified atom stereocenters. The normalized spacial score (nSPS) is 10.5. The van der Waals surface area contributed by atoms with Gasteiger partial charge in [-0.3, -0.25) is 0 Å². The van der Waals surface area contributed by atoms with Crippen molar-refractivity contribution in [3.05, 3.63) is 47.5 Å². The van der Waals surface area contributed by atoms with Gasteiger partial charge < -0.3 is 5.73 Å². The Hall–Kier alpha value is -1.62. The molecule has 5 heteroatoms. The van der Waals surface area contributed by atoms with Crippen LogP contribution in [0.1, 0.15) is 11.3 Å². The van der Waals surface area contributed by atoms with Crippen LogP contribution in [0.3, 0.4) is 0 Å². The van der Waals surface area contributed by atoms with Crippen molar-refractivity contribution >= 4 is 17.4 Å². The molecular formula is C12H12FN3S. The Morgan fingerprint density at radius 2 is 2.18 bits per heavy atom. The maximum Gasteiger partial charge on any atom is 0.188 e. The van der Waals surface area contributed by atoms with Gasteiger partial charge in [0, 0.05) is 23.2 Å². The standard InChI is InChI=1S/C12H12FN3S/c1-8-5-6-15-12(16-8)17-7-9-3-2-4-10(14)11(9)13/h2-6H,7,14H2,1H3. The Bertz CT molecular complexity index is 531. The van der Waals surface area contributed by atoms with Gasteiger partial charge >= 0.3 is 0 Å². The van der Waals surface area contributed by atoms with Gasteiger partial charge in [-0.2, -0.15) is 0 Å². The lowest BCUT2D eigenvalue weighted by atomic mass is 10.2. The van der Waals surface area contributed by atoms with Gasteiger partial charge in [-0.05, 0) is 19.1 Å². The van der Waals surface area contributed by atoms with Gasteiger partial charge in [-0.25, -0.2) is 14.4 Å². The molecule has 0 spiro atoms. The number of aromatic nitrogens is 2. The number of nitrogens with zero attached hydrogens (tertiary/aromatic N) is 2. The van der Waals surface area contributed by atoms with Gasteiger partial charge in [0.15, 0.2) is 5.16 Å². The number of hydrogen-bond donors (Lipinski definition) is 1. The second-order valence-corrected chi connectivity index (χ2v) is 4.53. The molecule has 0 amide bonds. The van der Waals surface area contributed by atoms with Gasteiger partial charge in [0.05, 0.1) is 5.69 Å². The van der Waals surface area contributed by atoms with E-state index in [1.165, 1.54) is 11.8 Å². The number of anilines is 1. The highest BCUT2D eigenvalue weighted by molar-refractivity contribution is 7.98. The van der Waals surface area contributed by atoms with Crippen LogP contribution in [0.2, 0.25) is 0 Å². The van der Waals surface area contributed by atoms with Crippen LogP contribution in [0, 0.1) is 12.7 Å². The molecule has 0 radical (unpaired) electrons. The number of halogens is 1. The fourth-order valence-corrected chi connectivity index (χ4v) is 2.20. The molecule has 3 nitrogen and oxygen atoms in total. The second-order valence-electron chi connectivity index (χ2n) is 3.59. The summed E-state index contributed by atoms with van der Waals surface area (Å²) in [6.07, 6.45) is 1.69.